The largest absolute Gasteiger partial charge is 0 e. The molecule has 0 aromatic rings. The molecule has 33 heteroatoms. The van der Waals surface area contributed by atoms with Gasteiger partial charge in [0.15, 0.2) is 0 Å². The summed E-state index contributed by atoms with van der Waals surface area (Å²) in [6.07, 6.45) is -14.1. The smallest absolute Gasteiger partial charge is 0 e. The van der Waals surface area contributed by atoms with Crippen molar-refractivity contribution < 1.29 is 0 Å². The van der Waals surface area contributed by atoms with Crippen molar-refractivity contribution in [2.24, 2.45) is 0 Å². The van der Waals surface area contributed by atoms with Crippen LogP contribution in [-0.2, 0) is 0 Å². The Morgan fingerprint density at radius 3 is 0.667 bits per heavy atom. The molecule has 0 nitrogen and oxygen atoms in total. The number of rotatable bonds is 15. The van der Waals surface area contributed by atoms with Crippen molar-refractivity contribution >= 4 is 234 Å². The van der Waals surface area contributed by atoms with E-state index in [0.717, 1.165) is 0 Å². The molecule has 0 saturated carbocycles. The quantitative estimate of drug-likeness (QED) is 0.256. The molecule has 0 saturated heterocycles. The van der Waals surface area contributed by atoms with Gasteiger partial charge in [-0.1, -0.05) is 0 Å². The molecular weight excluding hydrogens is 357 g/mol. The molecule has 0 rings (SSSR count). The van der Waals surface area contributed by atoms with E-state index in [1.807, 2.05) is 0 Å². The summed E-state index contributed by atoms with van der Waals surface area (Å²) in [5, 5.41) is 0. The number of hydrogen-bond acceptors (Lipinski definition) is 0. The Hall–Kier alpha value is 2.14. The third-order valence-electron chi connectivity index (χ3n) is 6.22. The third-order valence-corrected chi connectivity index (χ3v) is 6.22. The van der Waals surface area contributed by atoms with Gasteiger partial charge in [0.1, 0.15) is 0 Å². The van der Waals surface area contributed by atoms with Gasteiger partial charge in [0.05, 0.1) is 0 Å². The summed E-state index contributed by atoms with van der Waals surface area (Å²) in [5.41, 5.74) is 0. The normalized spacial score (nSPS) is 9.45. The number of hydrogen-bond donors (Lipinski definition) is 0. The molecular formula is B33. The van der Waals surface area contributed by atoms with Gasteiger partial charge < -0.3 is 0 Å². The first-order valence-electron chi connectivity index (χ1n) is 10.7. The second kappa shape index (κ2) is 16.2. The van der Waals surface area contributed by atoms with Crippen LogP contribution in [0, 0.1) is 0 Å². The Kier molecular flexibility index (Phi) is 17.2. The van der Waals surface area contributed by atoms with Gasteiger partial charge in [0.25, 0.3) is 0 Å². The fraction of sp³-hybridized carbons (Fsp3) is 0. The maximum atomic E-state index is 6.28. The van der Waals surface area contributed by atoms with Gasteiger partial charge in [0, 0.05) is 234 Å². The van der Waals surface area contributed by atoms with Crippen molar-refractivity contribution in [2.75, 3.05) is 0 Å². The van der Waals surface area contributed by atoms with Gasteiger partial charge in [-0.25, -0.2) is 0 Å². The molecule has 99 valence electrons. The van der Waals surface area contributed by atoms with Gasteiger partial charge in [-0.15, -0.1) is 0 Å². The standard InChI is InChI=1S/B33/c1-19(2)27(17)33(26(15)16)29(32(24(11)12)25(13)14)18-28(30(20(3)4)21(5)6)31(22(7)8)23(9)10. The van der Waals surface area contributed by atoms with Crippen molar-refractivity contribution in [3.8, 4) is 0 Å². The van der Waals surface area contributed by atoms with E-state index in [2.05, 4.69) is 0 Å². The summed E-state index contributed by atoms with van der Waals surface area (Å²) < 4.78 is 0. The lowest BCUT2D eigenvalue weighted by Gasteiger charge is -2.46. The van der Waals surface area contributed by atoms with Crippen LogP contribution in [0.25, 0.3) is 0 Å². The Morgan fingerprint density at radius 1 is 0.273 bits per heavy atom. The highest BCUT2D eigenvalue weighted by Gasteiger charge is 2.48. The van der Waals surface area contributed by atoms with Crippen LogP contribution in [0.2, 0.25) is 0 Å². The fourth-order valence-electron chi connectivity index (χ4n) is 4.62. The molecule has 0 N–H and O–H groups in total. The van der Waals surface area contributed by atoms with Crippen molar-refractivity contribution in [3.63, 3.8) is 0 Å². The van der Waals surface area contributed by atoms with E-state index in [0.29, 0.717) is 0 Å². The van der Waals surface area contributed by atoms with Crippen molar-refractivity contribution in [2.45, 2.75) is 0 Å². The van der Waals surface area contributed by atoms with Gasteiger partial charge in [-0.2, -0.15) is 0 Å². The van der Waals surface area contributed by atoms with Gasteiger partial charge in [-0.05, 0) is 0 Å². The summed E-state index contributed by atoms with van der Waals surface area (Å²) >= 11 is 0. The van der Waals surface area contributed by atoms with Crippen LogP contribution in [0.4, 0.5) is 0 Å². The van der Waals surface area contributed by atoms with E-state index in [4.69, 9.17) is 132 Å². The summed E-state index contributed by atoms with van der Waals surface area (Å²) in [5.74, 6) is 0. The monoisotopic (exact) mass is 363 g/mol. The van der Waals surface area contributed by atoms with E-state index in [1.54, 1.807) is 7.06 Å². The van der Waals surface area contributed by atoms with E-state index in [9.17, 15) is 0 Å². The van der Waals surface area contributed by atoms with Crippen molar-refractivity contribution in [1.82, 2.24) is 0 Å². The molecule has 0 aliphatic heterocycles. The molecule has 0 bridgehead atoms. The second-order valence-corrected chi connectivity index (χ2v) is 8.85. The highest BCUT2D eigenvalue weighted by molar-refractivity contribution is 8.23. The molecule has 0 heterocycles. The molecule has 0 amide bonds. The SMILES string of the molecule is [B]B([B])B([B])B(B([B])[B])B([B]B(B(B([B])[B])B([B])[B])B(B([B])[B])B([B])[B])B(B([B])[B])B([B])[B]. The molecule has 0 aliphatic carbocycles. The lowest BCUT2D eigenvalue weighted by atomic mass is 8.36. The Bertz CT molecular complexity index is 448. The molecule has 0 aliphatic rings. The zero-order valence-electron chi connectivity index (χ0n) is 19.1. The molecule has 35 radical (unpaired) electrons. The highest BCUT2D eigenvalue weighted by Crippen LogP contribution is 2.10. The van der Waals surface area contributed by atoms with Crippen LogP contribution in [0.1, 0.15) is 0 Å². The maximum absolute atomic E-state index is 6.28. The molecule has 0 aromatic heterocycles. The summed E-state index contributed by atoms with van der Waals surface area (Å²) in [6.45, 7) is 0. The zero-order chi connectivity index (χ0) is 26.4. The highest BCUT2D eigenvalue weighted by atomic mass is 13.3. The van der Waals surface area contributed by atoms with Crippen LogP contribution in [-0.4, -0.2) is 234 Å². The summed E-state index contributed by atoms with van der Waals surface area (Å²) in [7, 11) is 104. The minimum absolute atomic E-state index is 0.794. The van der Waals surface area contributed by atoms with Gasteiger partial charge >= 0.3 is 0 Å². The lowest BCUT2D eigenvalue weighted by molar-refractivity contribution is 3.30. The first-order chi connectivity index (χ1) is 15.0. The molecule has 0 fully saturated rings. The van der Waals surface area contributed by atoms with E-state index in [1.165, 1.54) is 0 Å². The van der Waals surface area contributed by atoms with Gasteiger partial charge in [0.2, 0.25) is 0 Å². The van der Waals surface area contributed by atoms with Crippen LogP contribution in [0.3, 0.4) is 0 Å². The molecule has 0 unspecified atom stereocenters. The molecule has 33 heavy (non-hydrogen) atoms. The van der Waals surface area contributed by atoms with Crippen LogP contribution >= 0.6 is 0 Å². The fourth-order valence-corrected chi connectivity index (χ4v) is 4.62. The van der Waals surface area contributed by atoms with Crippen molar-refractivity contribution in [1.29, 1.82) is 0 Å². The van der Waals surface area contributed by atoms with E-state index in [-0.39, 0.29) is 0 Å². The lowest BCUT2D eigenvalue weighted by Crippen LogP contribution is -2.84. The topological polar surface area (TPSA) is 0 Å². The Morgan fingerprint density at radius 2 is 0.485 bits per heavy atom. The minimum Gasteiger partial charge on any atom is 0 e. The first-order valence-corrected chi connectivity index (χ1v) is 10.7. The van der Waals surface area contributed by atoms with Crippen LogP contribution < -0.4 is 0 Å². The predicted octanol–water partition coefficient (Wildman–Crippen LogP) is -12.6. The van der Waals surface area contributed by atoms with E-state index >= 15 is 0 Å². The maximum Gasteiger partial charge on any atom is 0 e. The molecule has 0 spiro atoms. The summed E-state index contributed by atoms with van der Waals surface area (Å²) in [6, 6.07) is 0. The van der Waals surface area contributed by atoms with Crippen LogP contribution in [0.5, 0.6) is 0 Å². The minimum atomic E-state index is -1.05. The zero-order valence-corrected chi connectivity index (χ0v) is 19.1. The molecule has 0 atom stereocenters. The van der Waals surface area contributed by atoms with Crippen molar-refractivity contribution in [3.05, 3.63) is 0 Å². The van der Waals surface area contributed by atoms with E-state index < -0.39 is 95.8 Å². The first kappa shape index (κ1) is 35.1. The van der Waals surface area contributed by atoms with Crippen LogP contribution in [0.15, 0.2) is 0 Å². The average molecular weight is 357 g/mol. The average Bonchev–Trinajstić information content (AvgIpc) is 2.59. The Balaban J connectivity index is 6.90. The van der Waals surface area contributed by atoms with Gasteiger partial charge in [-0.3, -0.25) is 0 Å². The molecule has 0 aromatic carbocycles. The third kappa shape index (κ3) is 10.4. The summed E-state index contributed by atoms with van der Waals surface area (Å²) in [4.78, 5) is 0. The Labute approximate surface area is 233 Å². The second-order valence-electron chi connectivity index (χ2n) is 8.85. The predicted molar refractivity (Wildman–Crippen MR) is 190 cm³/mol.